The number of carboxylic acid groups (broad SMARTS) is 1. The van der Waals surface area contributed by atoms with Gasteiger partial charge in [0.2, 0.25) is 0 Å². The fourth-order valence-electron chi connectivity index (χ4n) is 2.19. The van der Waals surface area contributed by atoms with Crippen molar-refractivity contribution in [2.24, 2.45) is 0 Å². The number of nitrogens with one attached hydrogen (secondary N) is 1. The summed E-state index contributed by atoms with van der Waals surface area (Å²) in [6, 6.07) is 0.905. The van der Waals surface area contributed by atoms with Crippen LogP contribution < -0.4 is 5.32 Å². The molecule has 0 aliphatic heterocycles. The number of aliphatic carboxylic acids is 1. The number of rotatable bonds is 6. The molecule has 0 radical (unpaired) electrons. The molecule has 1 aliphatic rings. The van der Waals surface area contributed by atoms with E-state index in [1.807, 2.05) is 11.8 Å². The molecule has 1 rings (SSSR count). The molecule has 0 aromatic rings. The number of carbonyl (C=O) groups is 1. The molecule has 3 unspecified atom stereocenters. The predicted molar refractivity (Wildman–Crippen MR) is 64.4 cm³/mol. The van der Waals surface area contributed by atoms with Gasteiger partial charge in [0.15, 0.2) is 0 Å². The maximum absolute atomic E-state index is 10.4. The number of carboxylic acids is 1. The summed E-state index contributed by atoms with van der Waals surface area (Å²) in [6.45, 7) is 2.08. The van der Waals surface area contributed by atoms with Gasteiger partial charge in [-0.05, 0) is 32.4 Å². The van der Waals surface area contributed by atoms with Crippen LogP contribution in [0, 0.1) is 0 Å². The van der Waals surface area contributed by atoms with E-state index in [1.54, 1.807) is 0 Å². The zero-order valence-electron chi connectivity index (χ0n) is 9.53. The highest BCUT2D eigenvalue weighted by atomic mass is 32.2. The van der Waals surface area contributed by atoms with E-state index >= 15 is 0 Å². The van der Waals surface area contributed by atoms with Gasteiger partial charge in [-0.15, -0.1) is 0 Å². The number of hydrogen-bond donors (Lipinski definition) is 2. The second-order valence-corrected chi connectivity index (χ2v) is 5.39. The quantitative estimate of drug-likeness (QED) is 0.735. The molecular formula is C11H21NO2S. The largest absolute Gasteiger partial charge is 0.481 e. The van der Waals surface area contributed by atoms with Crippen LogP contribution in [0.25, 0.3) is 0 Å². The Kier molecular flexibility index (Phi) is 5.47. The Morgan fingerprint density at radius 1 is 1.60 bits per heavy atom. The highest BCUT2D eigenvalue weighted by molar-refractivity contribution is 7.99. The van der Waals surface area contributed by atoms with E-state index in [0.717, 1.165) is 11.7 Å². The van der Waals surface area contributed by atoms with Crippen LogP contribution in [0.1, 0.15) is 39.0 Å². The summed E-state index contributed by atoms with van der Waals surface area (Å²) in [7, 11) is 0. The standard InChI is InChI=1S/C11H21NO2S/c1-8(6-7-11(13)14)12-9-4-3-5-10(9)15-2/h8-10,12H,3-7H2,1-2H3,(H,13,14). The minimum absolute atomic E-state index is 0.269. The van der Waals surface area contributed by atoms with Gasteiger partial charge in [-0.3, -0.25) is 4.79 Å². The summed E-state index contributed by atoms with van der Waals surface area (Å²) >= 11 is 1.93. The normalized spacial score (nSPS) is 27.9. The van der Waals surface area contributed by atoms with Gasteiger partial charge in [-0.25, -0.2) is 0 Å². The van der Waals surface area contributed by atoms with E-state index in [4.69, 9.17) is 5.11 Å². The second kappa shape index (κ2) is 6.38. The molecule has 0 bridgehead atoms. The van der Waals surface area contributed by atoms with Gasteiger partial charge in [-0.2, -0.15) is 11.8 Å². The molecular weight excluding hydrogens is 210 g/mol. The van der Waals surface area contributed by atoms with Gasteiger partial charge in [0, 0.05) is 23.8 Å². The van der Waals surface area contributed by atoms with E-state index in [0.29, 0.717) is 12.1 Å². The van der Waals surface area contributed by atoms with E-state index < -0.39 is 5.97 Å². The van der Waals surface area contributed by atoms with Crippen molar-refractivity contribution in [1.82, 2.24) is 5.32 Å². The summed E-state index contributed by atoms with van der Waals surface area (Å²) in [6.07, 6.45) is 6.99. The molecule has 3 atom stereocenters. The molecule has 2 N–H and O–H groups in total. The molecule has 88 valence electrons. The number of hydrogen-bond acceptors (Lipinski definition) is 3. The molecule has 1 fully saturated rings. The molecule has 0 aromatic heterocycles. The van der Waals surface area contributed by atoms with Crippen molar-refractivity contribution in [3.63, 3.8) is 0 Å². The molecule has 4 heteroatoms. The minimum Gasteiger partial charge on any atom is -0.481 e. The third-order valence-electron chi connectivity index (χ3n) is 3.05. The highest BCUT2D eigenvalue weighted by Crippen LogP contribution is 2.28. The topological polar surface area (TPSA) is 49.3 Å². The zero-order chi connectivity index (χ0) is 11.3. The van der Waals surface area contributed by atoms with Gasteiger partial charge in [-0.1, -0.05) is 6.42 Å². The third-order valence-corrected chi connectivity index (χ3v) is 4.21. The zero-order valence-corrected chi connectivity index (χ0v) is 10.3. The lowest BCUT2D eigenvalue weighted by atomic mass is 10.1. The maximum atomic E-state index is 10.4. The fourth-order valence-corrected chi connectivity index (χ4v) is 3.13. The lowest BCUT2D eigenvalue weighted by molar-refractivity contribution is -0.137. The lowest BCUT2D eigenvalue weighted by Crippen LogP contribution is -2.40. The summed E-state index contributed by atoms with van der Waals surface area (Å²) < 4.78 is 0. The first-order chi connectivity index (χ1) is 7.13. The highest BCUT2D eigenvalue weighted by Gasteiger charge is 2.27. The Morgan fingerprint density at radius 3 is 2.93 bits per heavy atom. The van der Waals surface area contributed by atoms with E-state index in [-0.39, 0.29) is 6.42 Å². The average molecular weight is 231 g/mol. The van der Waals surface area contributed by atoms with Crippen LogP contribution in [0.5, 0.6) is 0 Å². The van der Waals surface area contributed by atoms with Crippen LogP contribution in [0.3, 0.4) is 0 Å². The van der Waals surface area contributed by atoms with Gasteiger partial charge in [0.1, 0.15) is 0 Å². The summed E-state index contributed by atoms with van der Waals surface area (Å²) in [5, 5.41) is 12.9. The van der Waals surface area contributed by atoms with Crippen LogP contribution in [-0.4, -0.2) is 34.7 Å². The van der Waals surface area contributed by atoms with E-state index in [2.05, 4.69) is 18.5 Å². The smallest absolute Gasteiger partial charge is 0.303 e. The second-order valence-electron chi connectivity index (χ2n) is 4.31. The molecule has 0 amide bonds. The molecule has 3 nitrogen and oxygen atoms in total. The van der Waals surface area contributed by atoms with Crippen LogP contribution in [0.2, 0.25) is 0 Å². The molecule has 0 saturated heterocycles. The molecule has 0 aromatic carbocycles. The Bertz CT molecular complexity index is 211. The molecule has 0 heterocycles. The van der Waals surface area contributed by atoms with Crippen LogP contribution in [0.4, 0.5) is 0 Å². The van der Waals surface area contributed by atoms with Gasteiger partial charge >= 0.3 is 5.97 Å². The Morgan fingerprint density at radius 2 is 2.33 bits per heavy atom. The summed E-state index contributed by atoms with van der Waals surface area (Å²) in [5.74, 6) is -0.698. The Labute approximate surface area is 96.0 Å². The van der Waals surface area contributed by atoms with Crippen molar-refractivity contribution in [3.8, 4) is 0 Å². The number of thioether (sulfide) groups is 1. The lowest BCUT2D eigenvalue weighted by Gasteiger charge is -2.23. The first-order valence-corrected chi connectivity index (χ1v) is 6.93. The first kappa shape index (κ1) is 12.8. The monoisotopic (exact) mass is 231 g/mol. The third kappa shape index (κ3) is 4.43. The SMILES string of the molecule is CSC1CCCC1NC(C)CCC(=O)O. The van der Waals surface area contributed by atoms with Crippen molar-refractivity contribution in [2.45, 2.75) is 56.4 Å². The van der Waals surface area contributed by atoms with Crippen LogP contribution in [-0.2, 0) is 4.79 Å². The molecule has 1 saturated carbocycles. The van der Waals surface area contributed by atoms with Crippen molar-refractivity contribution in [3.05, 3.63) is 0 Å². The van der Waals surface area contributed by atoms with E-state index in [9.17, 15) is 4.79 Å². The van der Waals surface area contributed by atoms with Crippen LogP contribution in [0.15, 0.2) is 0 Å². The first-order valence-electron chi connectivity index (χ1n) is 5.64. The van der Waals surface area contributed by atoms with Crippen molar-refractivity contribution in [2.75, 3.05) is 6.26 Å². The van der Waals surface area contributed by atoms with Crippen molar-refractivity contribution < 1.29 is 9.90 Å². The van der Waals surface area contributed by atoms with Crippen LogP contribution >= 0.6 is 11.8 Å². The Balaban J connectivity index is 2.24. The van der Waals surface area contributed by atoms with Crippen molar-refractivity contribution >= 4 is 17.7 Å². The van der Waals surface area contributed by atoms with Gasteiger partial charge < -0.3 is 10.4 Å². The van der Waals surface area contributed by atoms with Crippen molar-refractivity contribution in [1.29, 1.82) is 0 Å². The van der Waals surface area contributed by atoms with Gasteiger partial charge in [0.05, 0.1) is 0 Å². The fraction of sp³-hybridized carbons (Fsp3) is 0.909. The van der Waals surface area contributed by atoms with E-state index in [1.165, 1.54) is 19.3 Å². The summed E-state index contributed by atoms with van der Waals surface area (Å²) in [4.78, 5) is 10.4. The average Bonchev–Trinajstić information content (AvgIpc) is 2.62. The molecule has 1 aliphatic carbocycles. The minimum atomic E-state index is -0.698. The molecule has 15 heavy (non-hydrogen) atoms. The molecule has 0 spiro atoms. The van der Waals surface area contributed by atoms with Gasteiger partial charge in [0.25, 0.3) is 0 Å². The Hall–Kier alpha value is -0.220. The maximum Gasteiger partial charge on any atom is 0.303 e. The predicted octanol–water partition coefficient (Wildman–Crippen LogP) is 2.11. The summed E-state index contributed by atoms with van der Waals surface area (Å²) in [5.41, 5.74) is 0.